The summed E-state index contributed by atoms with van der Waals surface area (Å²) in [4.78, 5) is 27.2. The molecule has 2 aromatic heterocycles. The van der Waals surface area contributed by atoms with E-state index in [0.29, 0.717) is 0 Å². The predicted molar refractivity (Wildman–Crippen MR) is 104 cm³/mol. The van der Waals surface area contributed by atoms with Crippen molar-refractivity contribution in [3.8, 4) is 11.4 Å². The summed E-state index contributed by atoms with van der Waals surface area (Å²) in [6.45, 7) is 3.72. The largest absolute Gasteiger partial charge is 0.345 e. The van der Waals surface area contributed by atoms with Crippen molar-refractivity contribution in [2.75, 3.05) is 6.54 Å². The summed E-state index contributed by atoms with van der Waals surface area (Å²) in [5.41, 5.74) is 1.58. The number of H-pyrrole nitrogens is 1. The van der Waals surface area contributed by atoms with Crippen LogP contribution in [0.3, 0.4) is 0 Å². The average molecular weight is 363 g/mol. The number of likely N-dealkylation sites (tertiary alicyclic amines) is 1. The van der Waals surface area contributed by atoms with E-state index in [1.54, 1.807) is 12.4 Å². The lowest BCUT2D eigenvalue weighted by Crippen LogP contribution is -2.44. The van der Waals surface area contributed by atoms with E-state index in [1.165, 1.54) is 6.42 Å². The summed E-state index contributed by atoms with van der Waals surface area (Å²) in [5.74, 6) is 1.86. The van der Waals surface area contributed by atoms with Gasteiger partial charge in [-0.2, -0.15) is 0 Å². The molecule has 0 aliphatic carbocycles. The molecule has 3 heterocycles. The maximum Gasteiger partial charge on any atom is 0.254 e. The zero-order valence-corrected chi connectivity index (χ0v) is 15.6. The average Bonchev–Trinajstić information content (AvgIpc) is 3.38. The summed E-state index contributed by atoms with van der Waals surface area (Å²) >= 11 is 0. The molecule has 1 aliphatic rings. The maximum atomic E-state index is 13.4. The molecule has 27 heavy (non-hydrogen) atoms. The molecule has 1 aliphatic heterocycles. The Balaban J connectivity index is 1.55. The monoisotopic (exact) mass is 363 g/mol. The molecule has 1 saturated heterocycles. The van der Waals surface area contributed by atoms with Crippen molar-refractivity contribution in [1.82, 2.24) is 24.4 Å². The van der Waals surface area contributed by atoms with Crippen molar-refractivity contribution in [2.24, 2.45) is 0 Å². The van der Waals surface area contributed by atoms with E-state index in [-0.39, 0.29) is 11.9 Å². The van der Waals surface area contributed by atoms with Crippen molar-refractivity contribution in [3.63, 3.8) is 0 Å². The van der Waals surface area contributed by atoms with Gasteiger partial charge in [0.1, 0.15) is 11.6 Å². The predicted octanol–water partition coefficient (Wildman–Crippen LogP) is 3.67. The number of hydrogen-bond donors (Lipinski definition) is 1. The van der Waals surface area contributed by atoms with Gasteiger partial charge in [0.05, 0.1) is 5.56 Å². The second-order valence-corrected chi connectivity index (χ2v) is 7.09. The van der Waals surface area contributed by atoms with E-state index in [2.05, 4.69) is 24.4 Å². The van der Waals surface area contributed by atoms with Gasteiger partial charge in [-0.3, -0.25) is 4.79 Å². The van der Waals surface area contributed by atoms with Crippen LogP contribution in [0.1, 0.15) is 41.9 Å². The Kier molecular flexibility index (Phi) is 5.05. The number of carbonyl (C=O) groups is 1. The number of rotatable bonds is 5. The first kappa shape index (κ1) is 17.5. The van der Waals surface area contributed by atoms with Crippen molar-refractivity contribution >= 4 is 5.91 Å². The molecule has 6 heteroatoms. The molecule has 0 bridgehead atoms. The smallest absolute Gasteiger partial charge is 0.254 e. The molecular weight excluding hydrogens is 338 g/mol. The molecule has 4 rings (SSSR count). The van der Waals surface area contributed by atoms with E-state index in [4.69, 9.17) is 0 Å². The lowest BCUT2D eigenvalue weighted by atomic mass is 9.96. The number of benzene rings is 1. The van der Waals surface area contributed by atoms with Gasteiger partial charge in [0.25, 0.3) is 5.91 Å². The van der Waals surface area contributed by atoms with Crippen LogP contribution in [0.2, 0.25) is 0 Å². The van der Waals surface area contributed by atoms with Crippen molar-refractivity contribution in [1.29, 1.82) is 0 Å². The van der Waals surface area contributed by atoms with Crippen LogP contribution in [0.15, 0.2) is 49.1 Å². The van der Waals surface area contributed by atoms with Crippen LogP contribution in [-0.2, 0) is 6.54 Å². The number of amides is 1. The molecule has 0 saturated carbocycles. The summed E-state index contributed by atoms with van der Waals surface area (Å²) < 4.78 is 2.16. The van der Waals surface area contributed by atoms with Crippen LogP contribution < -0.4 is 0 Å². The molecule has 0 radical (unpaired) electrons. The number of carbonyl (C=O) groups excluding carboxylic acids is 1. The summed E-state index contributed by atoms with van der Waals surface area (Å²) in [5, 5.41) is 0. The Morgan fingerprint density at radius 1 is 1.22 bits per heavy atom. The van der Waals surface area contributed by atoms with Gasteiger partial charge in [0.15, 0.2) is 0 Å². The topological polar surface area (TPSA) is 66.8 Å². The summed E-state index contributed by atoms with van der Waals surface area (Å²) in [7, 11) is 0. The van der Waals surface area contributed by atoms with Gasteiger partial charge in [-0.05, 0) is 38.7 Å². The highest BCUT2D eigenvalue weighted by Gasteiger charge is 2.29. The third kappa shape index (κ3) is 3.65. The zero-order valence-electron chi connectivity index (χ0n) is 15.6. The Labute approximate surface area is 159 Å². The number of aryl methyl sites for hydroxylation is 2. The molecule has 1 unspecified atom stereocenters. The van der Waals surface area contributed by atoms with Gasteiger partial charge in [-0.15, -0.1) is 0 Å². The quantitative estimate of drug-likeness (QED) is 0.752. The van der Waals surface area contributed by atoms with Gasteiger partial charge in [-0.25, -0.2) is 9.97 Å². The van der Waals surface area contributed by atoms with Crippen LogP contribution >= 0.6 is 0 Å². The highest BCUT2D eigenvalue weighted by atomic mass is 16.2. The minimum absolute atomic E-state index is 0.106. The van der Waals surface area contributed by atoms with Crippen LogP contribution in [0, 0.1) is 6.92 Å². The van der Waals surface area contributed by atoms with Gasteiger partial charge < -0.3 is 14.5 Å². The number of hydrogen-bond acceptors (Lipinski definition) is 3. The summed E-state index contributed by atoms with van der Waals surface area (Å²) in [6.07, 6.45) is 11.6. The highest BCUT2D eigenvalue weighted by Crippen LogP contribution is 2.27. The standard InChI is InChI=1S/C21H25N5O/c1-16-22-12-15-25(16)14-9-17-6-4-5-13-26(17)21(27)19-8-3-2-7-18(19)20-23-10-11-24-20/h2-3,7-8,10-12,15,17H,4-6,9,13-14H2,1H3,(H,23,24). The minimum atomic E-state index is 0.106. The fraction of sp³-hybridized carbons (Fsp3) is 0.381. The van der Waals surface area contributed by atoms with Gasteiger partial charge in [0.2, 0.25) is 0 Å². The molecular formula is C21H25N5O. The molecule has 1 amide bonds. The zero-order chi connectivity index (χ0) is 18.6. The number of piperidine rings is 1. The first-order valence-electron chi connectivity index (χ1n) is 9.61. The molecule has 6 nitrogen and oxygen atoms in total. The molecule has 0 spiro atoms. The minimum Gasteiger partial charge on any atom is -0.345 e. The van der Waals surface area contributed by atoms with E-state index in [1.807, 2.05) is 43.6 Å². The normalized spacial score (nSPS) is 17.2. The van der Waals surface area contributed by atoms with E-state index < -0.39 is 0 Å². The Hall–Kier alpha value is -2.89. The van der Waals surface area contributed by atoms with Gasteiger partial charge in [-0.1, -0.05) is 18.2 Å². The summed E-state index contributed by atoms with van der Waals surface area (Å²) in [6, 6.07) is 8.00. The van der Waals surface area contributed by atoms with E-state index in [0.717, 1.165) is 55.1 Å². The van der Waals surface area contributed by atoms with Crippen molar-refractivity contribution in [3.05, 3.63) is 60.4 Å². The van der Waals surface area contributed by atoms with Gasteiger partial charge >= 0.3 is 0 Å². The Morgan fingerprint density at radius 2 is 2.11 bits per heavy atom. The van der Waals surface area contributed by atoms with Crippen LogP contribution in [0.4, 0.5) is 0 Å². The van der Waals surface area contributed by atoms with Crippen LogP contribution in [0.5, 0.6) is 0 Å². The lowest BCUT2D eigenvalue weighted by molar-refractivity contribution is 0.0596. The highest BCUT2D eigenvalue weighted by molar-refractivity contribution is 6.00. The number of nitrogens with zero attached hydrogens (tertiary/aromatic N) is 4. The lowest BCUT2D eigenvalue weighted by Gasteiger charge is -2.36. The first-order chi connectivity index (χ1) is 13.2. The Morgan fingerprint density at radius 3 is 2.89 bits per heavy atom. The maximum absolute atomic E-state index is 13.4. The Bertz CT molecular complexity index is 899. The molecule has 1 atom stereocenters. The fourth-order valence-electron chi connectivity index (χ4n) is 3.94. The van der Waals surface area contributed by atoms with Crippen LogP contribution in [-0.4, -0.2) is 42.9 Å². The third-order valence-corrected chi connectivity index (χ3v) is 5.43. The molecule has 1 N–H and O–H groups in total. The van der Waals surface area contributed by atoms with E-state index in [9.17, 15) is 4.79 Å². The van der Waals surface area contributed by atoms with Crippen molar-refractivity contribution < 1.29 is 4.79 Å². The second kappa shape index (κ2) is 7.78. The molecule has 3 aromatic rings. The number of nitrogens with one attached hydrogen (secondary N) is 1. The van der Waals surface area contributed by atoms with Crippen molar-refractivity contribution in [2.45, 2.75) is 45.2 Å². The first-order valence-corrected chi connectivity index (χ1v) is 9.61. The molecule has 140 valence electrons. The third-order valence-electron chi connectivity index (χ3n) is 5.43. The van der Waals surface area contributed by atoms with Gasteiger partial charge in [0, 0.05) is 49.5 Å². The fourth-order valence-corrected chi connectivity index (χ4v) is 3.94. The van der Waals surface area contributed by atoms with Crippen LogP contribution in [0.25, 0.3) is 11.4 Å². The molecule has 1 aromatic carbocycles. The second-order valence-electron chi connectivity index (χ2n) is 7.09. The van der Waals surface area contributed by atoms with E-state index >= 15 is 0 Å². The molecule has 1 fully saturated rings. The number of aromatic nitrogens is 4. The SMILES string of the molecule is Cc1nccn1CCC1CCCCN1C(=O)c1ccccc1-c1ncc[nH]1. The number of aromatic amines is 1. The number of imidazole rings is 2.